The van der Waals surface area contributed by atoms with Gasteiger partial charge in [-0.1, -0.05) is 74.0 Å². The highest BCUT2D eigenvalue weighted by Crippen LogP contribution is 2.09. The minimum absolute atomic E-state index is 1.01. The van der Waals surface area contributed by atoms with Gasteiger partial charge in [0.15, 0.2) is 0 Å². The van der Waals surface area contributed by atoms with Crippen LogP contribution in [0.3, 0.4) is 0 Å². The van der Waals surface area contributed by atoms with E-state index < -0.39 is 0 Å². The average Bonchev–Trinajstić information content (AvgIpc) is 2.56. The van der Waals surface area contributed by atoms with Crippen LogP contribution in [0.15, 0.2) is 60.7 Å². The van der Waals surface area contributed by atoms with Gasteiger partial charge in [0, 0.05) is 26.2 Å². The van der Waals surface area contributed by atoms with Crippen molar-refractivity contribution in [3.05, 3.63) is 71.8 Å². The number of nitrogens with zero attached hydrogens (tertiary/aromatic N) is 1. The number of benzene rings is 2. The van der Waals surface area contributed by atoms with E-state index >= 15 is 0 Å². The van der Waals surface area contributed by atoms with Crippen molar-refractivity contribution in [1.29, 1.82) is 0 Å². The highest BCUT2D eigenvalue weighted by Gasteiger charge is 2.06. The summed E-state index contributed by atoms with van der Waals surface area (Å²) in [6.45, 7) is 7.50. The maximum atomic E-state index is 3.55. The molecule has 0 atom stereocenters. The molecule has 0 heterocycles. The van der Waals surface area contributed by atoms with E-state index in [1.807, 2.05) is 0 Å². The quantitative estimate of drug-likeness (QED) is 0.665. The molecule has 0 aromatic heterocycles. The zero-order chi connectivity index (χ0) is 15.5. The Kier molecular flexibility index (Phi) is 7.71. The van der Waals surface area contributed by atoms with Crippen molar-refractivity contribution in [1.82, 2.24) is 10.2 Å². The first-order chi connectivity index (χ1) is 10.9. The summed E-state index contributed by atoms with van der Waals surface area (Å²) < 4.78 is 0. The molecule has 0 aliphatic rings. The summed E-state index contributed by atoms with van der Waals surface area (Å²) in [5.74, 6) is 0. The fourth-order valence-electron chi connectivity index (χ4n) is 2.56. The summed E-state index contributed by atoms with van der Waals surface area (Å²) in [5, 5.41) is 3.55. The molecule has 0 saturated carbocycles. The monoisotopic (exact) mass is 296 g/mol. The van der Waals surface area contributed by atoms with E-state index in [0.29, 0.717) is 0 Å². The summed E-state index contributed by atoms with van der Waals surface area (Å²) in [4.78, 5) is 2.52. The summed E-state index contributed by atoms with van der Waals surface area (Å²) >= 11 is 0. The van der Waals surface area contributed by atoms with Gasteiger partial charge in [0.25, 0.3) is 0 Å². The van der Waals surface area contributed by atoms with Gasteiger partial charge in [0.1, 0.15) is 0 Å². The minimum Gasteiger partial charge on any atom is -0.315 e. The van der Waals surface area contributed by atoms with Gasteiger partial charge in [0.05, 0.1) is 0 Å². The average molecular weight is 296 g/mol. The second-order valence-corrected chi connectivity index (χ2v) is 5.79. The van der Waals surface area contributed by atoms with E-state index in [0.717, 1.165) is 32.7 Å². The van der Waals surface area contributed by atoms with Gasteiger partial charge < -0.3 is 5.32 Å². The first kappa shape index (κ1) is 16.7. The molecular weight excluding hydrogens is 268 g/mol. The molecule has 1 N–H and O–H groups in total. The van der Waals surface area contributed by atoms with E-state index in [4.69, 9.17) is 0 Å². The standard InChI is InChI=1S/C20H28N2/c1-2-3-14-21-15-16-22(17-19-10-6-4-7-11-19)18-20-12-8-5-9-13-20/h4-13,21H,2-3,14-18H2,1H3. The first-order valence-electron chi connectivity index (χ1n) is 8.39. The maximum Gasteiger partial charge on any atom is 0.0237 e. The molecule has 0 aliphatic heterocycles. The Balaban J connectivity index is 1.88. The molecule has 0 unspecified atom stereocenters. The lowest BCUT2D eigenvalue weighted by Crippen LogP contribution is -2.32. The van der Waals surface area contributed by atoms with E-state index in [-0.39, 0.29) is 0 Å². The Bertz CT molecular complexity index is 454. The number of hydrogen-bond donors (Lipinski definition) is 1. The van der Waals surface area contributed by atoms with Crippen molar-refractivity contribution in [2.75, 3.05) is 19.6 Å². The Morgan fingerprint density at radius 1 is 0.773 bits per heavy atom. The molecule has 0 bridgehead atoms. The lowest BCUT2D eigenvalue weighted by atomic mass is 10.1. The lowest BCUT2D eigenvalue weighted by Gasteiger charge is -2.23. The van der Waals surface area contributed by atoms with Crippen LogP contribution in [0.5, 0.6) is 0 Å². The molecule has 2 aromatic carbocycles. The SMILES string of the molecule is CCCCNCCN(Cc1ccccc1)Cc1ccccc1. The van der Waals surface area contributed by atoms with Gasteiger partial charge in [0.2, 0.25) is 0 Å². The smallest absolute Gasteiger partial charge is 0.0237 e. The highest BCUT2D eigenvalue weighted by atomic mass is 15.1. The van der Waals surface area contributed by atoms with Crippen LogP contribution in [0, 0.1) is 0 Å². The van der Waals surface area contributed by atoms with Gasteiger partial charge in [-0.05, 0) is 24.1 Å². The van der Waals surface area contributed by atoms with Crippen LogP contribution in [-0.4, -0.2) is 24.5 Å². The number of rotatable bonds is 10. The van der Waals surface area contributed by atoms with Gasteiger partial charge in [-0.2, -0.15) is 0 Å². The van der Waals surface area contributed by atoms with Crippen LogP contribution in [0.1, 0.15) is 30.9 Å². The molecule has 0 aliphatic carbocycles. The number of unbranched alkanes of at least 4 members (excludes halogenated alkanes) is 1. The number of nitrogens with one attached hydrogen (secondary N) is 1. The third kappa shape index (κ3) is 6.42. The van der Waals surface area contributed by atoms with Crippen molar-refractivity contribution >= 4 is 0 Å². The Morgan fingerprint density at radius 3 is 1.82 bits per heavy atom. The molecule has 0 saturated heterocycles. The first-order valence-corrected chi connectivity index (χ1v) is 8.39. The molecule has 2 aromatic rings. The van der Waals surface area contributed by atoms with Crippen molar-refractivity contribution in [2.45, 2.75) is 32.9 Å². The zero-order valence-corrected chi connectivity index (χ0v) is 13.7. The van der Waals surface area contributed by atoms with Crippen LogP contribution in [-0.2, 0) is 13.1 Å². The van der Waals surface area contributed by atoms with E-state index in [2.05, 4.69) is 77.8 Å². The molecular formula is C20H28N2. The zero-order valence-electron chi connectivity index (χ0n) is 13.7. The van der Waals surface area contributed by atoms with Crippen LogP contribution < -0.4 is 5.32 Å². The van der Waals surface area contributed by atoms with Gasteiger partial charge >= 0.3 is 0 Å². The Hall–Kier alpha value is -1.64. The number of hydrogen-bond acceptors (Lipinski definition) is 2. The highest BCUT2D eigenvalue weighted by molar-refractivity contribution is 5.17. The van der Waals surface area contributed by atoms with Crippen molar-refractivity contribution in [3.63, 3.8) is 0 Å². The minimum atomic E-state index is 1.01. The Labute approximate surface area is 135 Å². The summed E-state index contributed by atoms with van der Waals surface area (Å²) in [6.07, 6.45) is 2.52. The van der Waals surface area contributed by atoms with E-state index in [9.17, 15) is 0 Å². The fraction of sp³-hybridized carbons (Fsp3) is 0.400. The van der Waals surface area contributed by atoms with Crippen molar-refractivity contribution < 1.29 is 0 Å². The Morgan fingerprint density at radius 2 is 1.32 bits per heavy atom. The maximum absolute atomic E-state index is 3.55. The van der Waals surface area contributed by atoms with Gasteiger partial charge in [-0.3, -0.25) is 4.90 Å². The van der Waals surface area contributed by atoms with Crippen LogP contribution in [0.25, 0.3) is 0 Å². The van der Waals surface area contributed by atoms with E-state index in [1.165, 1.54) is 24.0 Å². The van der Waals surface area contributed by atoms with Crippen molar-refractivity contribution in [3.8, 4) is 0 Å². The van der Waals surface area contributed by atoms with E-state index in [1.54, 1.807) is 0 Å². The molecule has 2 heteroatoms. The normalized spacial score (nSPS) is 11.0. The third-order valence-electron chi connectivity index (χ3n) is 3.81. The van der Waals surface area contributed by atoms with Crippen LogP contribution in [0.4, 0.5) is 0 Å². The summed E-state index contributed by atoms with van der Waals surface area (Å²) in [7, 11) is 0. The van der Waals surface area contributed by atoms with Crippen LogP contribution in [0.2, 0.25) is 0 Å². The van der Waals surface area contributed by atoms with Gasteiger partial charge in [-0.25, -0.2) is 0 Å². The molecule has 22 heavy (non-hydrogen) atoms. The second-order valence-electron chi connectivity index (χ2n) is 5.79. The van der Waals surface area contributed by atoms with Crippen molar-refractivity contribution in [2.24, 2.45) is 0 Å². The van der Waals surface area contributed by atoms with Crippen LogP contribution >= 0.6 is 0 Å². The molecule has 118 valence electrons. The molecule has 0 radical (unpaired) electrons. The van der Waals surface area contributed by atoms with Gasteiger partial charge in [-0.15, -0.1) is 0 Å². The summed E-state index contributed by atoms with van der Waals surface area (Å²) in [5.41, 5.74) is 2.76. The predicted octanol–water partition coefficient (Wildman–Crippen LogP) is 4.08. The fourth-order valence-corrected chi connectivity index (χ4v) is 2.56. The lowest BCUT2D eigenvalue weighted by molar-refractivity contribution is 0.256. The molecule has 0 spiro atoms. The molecule has 0 amide bonds. The molecule has 0 fully saturated rings. The topological polar surface area (TPSA) is 15.3 Å². The predicted molar refractivity (Wildman–Crippen MR) is 94.8 cm³/mol. The second kappa shape index (κ2) is 10.1. The molecule has 2 nitrogen and oxygen atoms in total. The third-order valence-corrected chi connectivity index (χ3v) is 3.81. The summed E-state index contributed by atoms with van der Waals surface area (Å²) in [6, 6.07) is 21.5. The molecule has 2 rings (SSSR count). The largest absolute Gasteiger partial charge is 0.315 e.